The molecule has 0 bridgehead atoms. The molecule has 1 aliphatic heterocycles. The summed E-state index contributed by atoms with van der Waals surface area (Å²) in [7, 11) is 2.59. The minimum atomic E-state index is -4.76. The van der Waals surface area contributed by atoms with Crippen molar-refractivity contribution >= 4 is 5.91 Å². The van der Waals surface area contributed by atoms with Crippen LogP contribution in [0, 0.1) is 0 Å². The minimum Gasteiger partial charge on any atom is -0.337 e. The van der Waals surface area contributed by atoms with Gasteiger partial charge in [0.05, 0.1) is 0 Å². The zero-order valence-electron chi connectivity index (χ0n) is 13.1. The third kappa shape index (κ3) is 3.20. The second-order valence-electron chi connectivity index (χ2n) is 5.97. The van der Waals surface area contributed by atoms with Gasteiger partial charge in [0.2, 0.25) is 0 Å². The molecule has 0 aliphatic carbocycles. The number of benzene rings is 1. The zero-order chi connectivity index (χ0) is 17.3. The molecular weight excluding hydrogens is 312 g/mol. The number of likely N-dealkylation sites (tertiary alicyclic amines) is 1. The van der Waals surface area contributed by atoms with E-state index < -0.39 is 23.8 Å². The Morgan fingerprint density at radius 3 is 2.09 bits per heavy atom. The van der Waals surface area contributed by atoms with Crippen LogP contribution in [-0.2, 0) is 4.79 Å². The number of hydrogen-bond acceptors (Lipinski definition) is 2. The summed E-state index contributed by atoms with van der Waals surface area (Å²) in [6, 6.07) is 5.43. The number of halogens is 4. The second-order valence-corrected chi connectivity index (χ2v) is 5.97. The topological polar surface area (TPSA) is 23.6 Å². The molecule has 1 unspecified atom stereocenters. The van der Waals surface area contributed by atoms with E-state index in [4.69, 9.17) is 0 Å². The van der Waals surface area contributed by atoms with Gasteiger partial charge in [0.15, 0.2) is 0 Å². The predicted octanol–water partition coefficient (Wildman–Crippen LogP) is 3.18. The minimum absolute atomic E-state index is 0.0383. The highest BCUT2D eigenvalue weighted by Gasteiger charge is 2.67. The van der Waals surface area contributed by atoms with Gasteiger partial charge in [-0.15, -0.1) is 0 Å². The number of alkyl halides is 4. The average Bonchev–Trinajstić information content (AvgIpc) is 3.00. The van der Waals surface area contributed by atoms with Gasteiger partial charge in [0.25, 0.3) is 5.91 Å². The van der Waals surface area contributed by atoms with Crippen LogP contribution in [0.25, 0.3) is 0 Å². The van der Waals surface area contributed by atoms with Crippen LogP contribution in [0.2, 0.25) is 0 Å². The molecule has 0 spiro atoms. The van der Waals surface area contributed by atoms with Crippen LogP contribution in [0.3, 0.4) is 0 Å². The van der Waals surface area contributed by atoms with E-state index in [1.165, 1.54) is 38.4 Å². The molecule has 0 aromatic heterocycles. The van der Waals surface area contributed by atoms with Gasteiger partial charge in [0.1, 0.15) is 6.04 Å². The summed E-state index contributed by atoms with van der Waals surface area (Å²) in [4.78, 5) is 13.8. The average molecular weight is 332 g/mol. The summed E-state index contributed by atoms with van der Waals surface area (Å²) < 4.78 is 58.1. The van der Waals surface area contributed by atoms with Crippen LogP contribution in [0.1, 0.15) is 24.4 Å². The van der Waals surface area contributed by atoms with Gasteiger partial charge in [-0.05, 0) is 32.5 Å². The largest absolute Gasteiger partial charge is 0.388 e. The van der Waals surface area contributed by atoms with E-state index in [9.17, 15) is 22.4 Å². The summed E-state index contributed by atoms with van der Waals surface area (Å²) in [6.07, 6.45) is 1.12. The highest BCUT2D eigenvalue weighted by atomic mass is 19.3. The fourth-order valence-electron chi connectivity index (χ4n) is 2.90. The lowest BCUT2D eigenvalue weighted by Crippen LogP contribution is -2.58. The number of amides is 1. The van der Waals surface area contributed by atoms with E-state index in [2.05, 4.69) is 0 Å². The van der Waals surface area contributed by atoms with Crippen molar-refractivity contribution < 1.29 is 22.4 Å². The number of carbonyl (C=O) groups is 1. The first-order valence-electron chi connectivity index (χ1n) is 7.46. The first kappa shape index (κ1) is 17.7. The molecule has 1 fully saturated rings. The van der Waals surface area contributed by atoms with E-state index in [0.29, 0.717) is 12.8 Å². The molecule has 1 aromatic carbocycles. The molecule has 1 heterocycles. The van der Waals surface area contributed by atoms with Gasteiger partial charge in [0, 0.05) is 13.1 Å². The molecule has 7 heteroatoms. The Kier molecular flexibility index (Phi) is 4.98. The molecule has 0 saturated carbocycles. The van der Waals surface area contributed by atoms with Crippen molar-refractivity contribution in [3.8, 4) is 0 Å². The molecule has 1 aromatic rings. The van der Waals surface area contributed by atoms with E-state index in [0.717, 1.165) is 9.80 Å². The number of carbonyl (C=O) groups excluding carboxylic acids is 1. The summed E-state index contributed by atoms with van der Waals surface area (Å²) in [6.45, 7) is 0.199. The van der Waals surface area contributed by atoms with Crippen molar-refractivity contribution in [1.82, 2.24) is 9.80 Å². The number of hydrogen-bond donors (Lipinski definition) is 0. The standard InChI is InChI=1S/C16H20F4N2O/c1-21(2)13(12-8-4-3-5-9-12)15(17,18)16(19,20)14(23)22-10-6-7-11-22/h3-5,8-9,13H,6-7,10-11H2,1-2H3. The van der Waals surface area contributed by atoms with E-state index in [1.54, 1.807) is 6.07 Å². The summed E-state index contributed by atoms with van der Waals surface area (Å²) in [5, 5.41) is 0. The lowest BCUT2D eigenvalue weighted by Gasteiger charge is -2.37. The molecule has 0 radical (unpaired) electrons. The SMILES string of the molecule is CN(C)C(c1ccccc1)C(F)(F)C(F)(F)C(=O)N1CCCC1. The zero-order valence-corrected chi connectivity index (χ0v) is 13.1. The summed E-state index contributed by atoms with van der Waals surface area (Å²) in [5.74, 6) is -11.1. The third-order valence-corrected chi connectivity index (χ3v) is 4.06. The van der Waals surface area contributed by atoms with Gasteiger partial charge < -0.3 is 4.90 Å². The van der Waals surface area contributed by atoms with E-state index in [1.807, 2.05) is 0 Å². The Labute approximate surface area is 132 Å². The second kappa shape index (κ2) is 6.47. The maximum atomic E-state index is 14.7. The summed E-state index contributed by atoms with van der Waals surface area (Å²) >= 11 is 0. The van der Waals surface area contributed by atoms with Crippen LogP contribution in [-0.4, -0.2) is 54.7 Å². The molecule has 3 nitrogen and oxygen atoms in total. The van der Waals surface area contributed by atoms with Crippen molar-refractivity contribution in [3.05, 3.63) is 35.9 Å². The molecule has 1 aliphatic rings. The van der Waals surface area contributed by atoms with E-state index in [-0.39, 0.29) is 18.7 Å². The van der Waals surface area contributed by atoms with Crippen LogP contribution in [0.5, 0.6) is 0 Å². The van der Waals surface area contributed by atoms with Crippen molar-refractivity contribution in [1.29, 1.82) is 0 Å². The van der Waals surface area contributed by atoms with E-state index >= 15 is 0 Å². The fourth-order valence-corrected chi connectivity index (χ4v) is 2.90. The van der Waals surface area contributed by atoms with Crippen molar-refractivity contribution in [2.45, 2.75) is 30.7 Å². The molecule has 23 heavy (non-hydrogen) atoms. The van der Waals surface area contributed by atoms with Gasteiger partial charge in [-0.3, -0.25) is 9.69 Å². The predicted molar refractivity (Wildman–Crippen MR) is 78.6 cm³/mol. The highest BCUT2D eigenvalue weighted by Crippen LogP contribution is 2.47. The first-order valence-corrected chi connectivity index (χ1v) is 7.46. The first-order chi connectivity index (χ1) is 10.7. The maximum Gasteiger partial charge on any atom is 0.388 e. The molecule has 1 saturated heterocycles. The molecule has 128 valence electrons. The Balaban J connectivity index is 2.37. The van der Waals surface area contributed by atoms with Gasteiger partial charge in [-0.1, -0.05) is 30.3 Å². The molecule has 2 rings (SSSR count). The van der Waals surface area contributed by atoms with Crippen LogP contribution in [0.4, 0.5) is 17.6 Å². The Morgan fingerprint density at radius 2 is 1.61 bits per heavy atom. The Bertz CT molecular complexity index is 542. The van der Waals surface area contributed by atoms with Crippen molar-refractivity contribution in [2.24, 2.45) is 0 Å². The Hall–Kier alpha value is -1.63. The van der Waals surface area contributed by atoms with Gasteiger partial charge in [-0.2, -0.15) is 17.6 Å². The maximum absolute atomic E-state index is 14.7. The lowest BCUT2D eigenvalue weighted by atomic mass is 9.94. The monoisotopic (exact) mass is 332 g/mol. The smallest absolute Gasteiger partial charge is 0.337 e. The van der Waals surface area contributed by atoms with Crippen molar-refractivity contribution in [2.75, 3.05) is 27.2 Å². The van der Waals surface area contributed by atoms with Crippen LogP contribution >= 0.6 is 0 Å². The quantitative estimate of drug-likeness (QED) is 0.773. The normalized spacial score (nSPS) is 17.6. The molecule has 0 N–H and O–H groups in total. The molecule has 1 amide bonds. The Morgan fingerprint density at radius 1 is 1.09 bits per heavy atom. The molecular formula is C16H20F4N2O. The van der Waals surface area contributed by atoms with Gasteiger partial charge in [-0.25, -0.2) is 0 Å². The van der Waals surface area contributed by atoms with Crippen LogP contribution in [0.15, 0.2) is 30.3 Å². The van der Waals surface area contributed by atoms with Gasteiger partial charge >= 0.3 is 11.8 Å². The fraction of sp³-hybridized carbons (Fsp3) is 0.562. The lowest BCUT2D eigenvalue weighted by molar-refractivity contribution is -0.238. The number of rotatable bonds is 5. The third-order valence-electron chi connectivity index (χ3n) is 4.06. The summed E-state index contributed by atoms with van der Waals surface area (Å²) in [5.41, 5.74) is 0.0383. The highest BCUT2D eigenvalue weighted by molar-refractivity contribution is 5.85. The number of nitrogens with zero attached hydrogens (tertiary/aromatic N) is 2. The van der Waals surface area contributed by atoms with Crippen molar-refractivity contribution in [3.63, 3.8) is 0 Å². The van der Waals surface area contributed by atoms with Crippen LogP contribution < -0.4 is 0 Å². The molecule has 1 atom stereocenters.